The maximum absolute atomic E-state index is 12.2. The van der Waals surface area contributed by atoms with Gasteiger partial charge in [0, 0.05) is 12.5 Å². The van der Waals surface area contributed by atoms with Crippen LogP contribution >= 0.6 is 12.4 Å². The zero-order valence-corrected chi connectivity index (χ0v) is 14.2. The fraction of sp³-hybridized carbons (Fsp3) is 0.588. The van der Waals surface area contributed by atoms with Gasteiger partial charge < -0.3 is 15.8 Å². The van der Waals surface area contributed by atoms with Gasteiger partial charge in [0.1, 0.15) is 5.75 Å². The SMILES string of the molecule is CC(C)Oc1ccccc1NC(=O)CC1CCCCC1N.Cl. The summed E-state index contributed by atoms with van der Waals surface area (Å²) in [6.07, 6.45) is 5.03. The van der Waals surface area contributed by atoms with Crippen molar-refractivity contribution in [2.45, 2.75) is 58.1 Å². The van der Waals surface area contributed by atoms with Gasteiger partial charge in [-0.3, -0.25) is 4.79 Å². The number of benzene rings is 1. The van der Waals surface area contributed by atoms with Gasteiger partial charge in [-0.05, 0) is 44.7 Å². The average molecular weight is 327 g/mol. The molecule has 0 heterocycles. The number of para-hydroxylation sites is 2. The van der Waals surface area contributed by atoms with Gasteiger partial charge in [-0.1, -0.05) is 25.0 Å². The van der Waals surface area contributed by atoms with Crippen LogP contribution in [0.5, 0.6) is 5.75 Å². The smallest absolute Gasteiger partial charge is 0.224 e. The Morgan fingerprint density at radius 3 is 2.68 bits per heavy atom. The second kappa shape index (κ2) is 9.01. The van der Waals surface area contributed by atoms with Crippen molar-refractivity contribution in [2.24, 2.45) is 11.7 Å². The highest BCUT2D eigenvalue weighted by Gasteiger charge is 2.24. The van der Waals surface area contributed by atoms with E-state index in [9.17, 15) is 4.79 Å². The minimum absolute atomic E-state index is 0. The molecule has 1 fully saturated rings. The lowest BCUT2D eigenvalue weighted by molar-refractivity contribution is -0.117. The van der Waals surface area contributed by atoms with Gasteiger partial charge in [0.2, 0.25) is 5.91 Å². The summed E-state index contributed by atoms with van der Waals surface area (Å²) in [5.41, 5.74) is 6.85. The molecule has 2 unspecified atom stereocenters. The number of amides is 1. The Morgan fingerprint density at radius 1 is 1.32 bits per heavy atom. The van der Waals surface area contributed by atoms with E-state index in [1.54, 1.807) is 0 Å². The molecule has 22 heavy (non-hydrogen) atoms. The van der Waals surface area contributed by atoms with Crippen molar-refractivity contribution in [3.63, 3.8) is 0 Å². The third-order valence-electron chi connectivity index (χ3n) is 3.94. The third-order valence-corrected chi connectivity index (χ3v) is 3.94. The first-order valence-corrected chi connectivity index (χ1v) is 7.87. The lowest BCUT2D eigenvalue weighted by Crippen LogP contribution is -2.35. The minimum atomic E-state index is 0. The zero-order chi connectivity index (χ0) is 15.2. The van der Waals surface area contributed by atoms with Crippen LogP contribution in [0.4, 0.5) is 5.69 Å². The summed E-state index contributed by atoms with van der Waals surface area (Å²) in [7, 11) is 0. The molecule has 1 aromatic rings. The van der Waals surface area contributed by atoms with Crippen molar-refractivity contribution in [3.05, 3.63) is 24.3 Å². The summed E-state index contributed by atoms with van der Waals surface area (Å²) in [4.78, 5) is 12.2. The molecule has 1 aromatic carbocycles. The summed E-state index contributed by atoms with van der Waals surface area (Å²) in [6.45, 7) is 3.94. The number of halogens is 1. The van der Waals surface area contributed by atoms with E-state index < -0.39 is 0 Å². The third kappa shape index (κ3) is 5.50. The fourth-order valence-electron chi connectivity index (χ4n) is 2.86. The number of hydrogen-bond donors (Lipinski definition) is 2. The molecule has 5 heteroatoms. The van der Waals surface area contributed by atoms with Crippen LogP contribution in [-0.2, 0) is 4.79 Å². The second-order valence-corrected chi connectivity index (χ2v) is 6.12. The number of rotatable bonds is 5. The Morgan fingerprint density at radius 2 is 2.00 bits per heavy atom. The molecule has 1 saturated carbocycles. The maximum Gasteiger partial charge on any atom is 0.224 e. The summed E-state index contributed by atoms with van der Waals surface area (Å²) < 4.78 is 5.72. The molecule has 124 valence electrons. The van der Waals surface area contributed by atoms with Gasteiger partial charge in [0.05, 0.1) is 11.8 Å². The van der Waals surface area contributed by atoms with E-state index in [0.717, 1.165) is 18.5 Å². The molecule has 0 bridgehead atoms. The first kappa shape index (κ1) is 18.8. The number of carbonyl (C=O) groups is 1. The predicted molar refractivity (Wildman–Crippen MR) is 92.6 cm³/mol. The van der Waals surface area contributed by atoms with Crippen LogP contribution in [0.1, 0.15) is 46.0 Å². The van der Waals surface area contributed by atoms with Crippen LogP contribution in [0, 0.1) is 5.92 Å². The van der Waals surface area contributed by atoms with Crippen LogP contribution < -0.4 is 15.8 Å². The van der Waals surface area contributed by atoms with E-state index in [4.69, 9.17) is 10.5 Å². The average Bonchev–Trinajstić information content (AvgIpc) is 2.43. The molecule has 0 spiro atoms. The van der Waals surface area contributed by atoms with Gasteiger partial charge in [-0.15, -0.1) is 12.4 Å². The first-order valence-electron chi connectivity index (χ1n) is 7.87. The highest BCUT2D eigenvalue weighted by Crippen LogP contribution is 2.28. The Bertz CT molecular complexity index is 479. The number of anilines is 1. The number of ether oxygens (including phenoxy) is 1. The molecule has 0 radical (unpaired) electrons. The lowest BCUT2D eigenvalue weighted by Gasteiger charge is -2.28. The van der Waals surface area contributed by atoms with Crippen LogP contribution in [-0.4, -0.2) is 18.1 Å². The Hall–Kier alpha value is -1.26. The zero-order valence-electron chi connectivity index (χ0n) is 13.4. The summed E-state index contributed by atoms with van der Waals surface area (Å²) in [6, 6.07) is 7.71. The fourth-order valence-corrected chi connectivity index (χ4v) is 2.86. The number of nitrogens with one attached hydrogen (secondary N) is 1. The van der Waals surface area contributed by atoms with Crippen molar-refractivity contribution < 1.29 is 9.53 Å². The molecule has 0 aliphatic heterocycles. The predicted octanol–water partition coefficient (Wildman–Crippen LogP) is 3.74. The number of nitrogens with two attached hydrogens (primary N) is 1. The molecule has 1 aliphatic carbocycles. The maximum atomic E-state index is 12.2. The summed E-state index contributed by atoms with van der Waals surface area (Å²) >= 11 is 0. The molecule has 1 aliphatic rings. The van der Waals surface area contributed by atoms with Crippen LogP contribution in [0.2, 0.25) is 0 Å². The molecule has 0 aromatic heterocycles. The van der Waals surface area contributed by atoms with Gasteiger partial charge in [-0.25, -0.2) is 0 Å². The summed E-state index contributed by atoms with van der Waals surface area (Å²) in [5, 5.41) is 2.96. The quantitative estimate of drug-likeness (QED) is 0.866. The van der Waals surface area contributed by atoms with Gasteiger partial charge in [0.25, 0.3) is 0 Å². The van der Waals surface area contributed by atoms with Crippen molar-refractivity contribution in [3.8, 4) is 5.75 Å². The van der Waals surface area contributed by atoms with E-state index in [1.165, 1.54) is 12.8 Å². The molecular weight excluding hydrogens is 300 g/mol. The molecule has 0 saturated heterocycles. The Labute approximate surface area is 139 Å². The summed E-state index contributed by atoms with van der Waals surface area (Å²) in [5.74, 6) is 1.04. The van der Waals surface area contributed by atoms with Crippen molar-refractivity contribution in [1.29, 1.82) is 0 Å². The second-order valence-electron chi connectivity index (χ2n) is 6.12. The molecule has 2 atom stereocenters. The monoisotopic (exact) mass is 326 g/mol. The van der Waals surface area contributed by atoms with E-state index >= 15 is 0 Å². The number of carbonyl (C=O) groups excluding carboxylic acids is 1. The van der Waals surface area contributed by atoms with Crippen molar-refractivity contribution in [1.82, 2.24) is 0 Å². The van der Waals surface area contributed by atoms with Crippen molar-refractivity contribution in [2.75, 3.05) is 5.32 Å². The standard InChI is InChI=1S/C17H26N2O2.ClH/c1-12(2)21-16-10-6-5-9-15(16)19-17(20)11-13-7-3-4-8-14(13)18;/h5-6,9-10,12-14H,3-4,7-8,11,18H2,1-2H3,(H,19,20);1H. The van der Waals surface area contributed by atoms with Crippen LogP contribution in [0.25, 0.3) is 0 Å². The van der Waals surface area contributed by atoms with E-state index in [2.05, 4.69) is 5.32 Å². The molecule has 3 N–H and O–H groups in total. The molecule has 2 rings (SSSR count). The first-order chi connectivity index (χ1) is 10.1. The molecule has 4 nitrogen and oxygen atoms in total. The van der Waals surface area contributed by atoms with E-state index in [0.29, 0.717) is 18.1 Å². The van der Waals surface area contributed by atoms with Gasteiger partial charge in [-0.2, -0.15) is 0 Å². The Kier molecular flexibility index (Phi) is 7.69. The topological polar surface area (TPSA) is 64.3 Å². The molecular formula is C17H27ClN2O2. The van der Waals surface area contributed by atoms with Gasteiger partial charge in [0.15, 0.2) is 0 Å². The lowest BCUT2D eigenvalue weighted by atomic mass is 9.83. The highest BCUT2D eigenvalue weighted by atomic mass is 35.5. The number of hydrogen-bond acceptors (Lipinski definition) is 3. The van der Waals surface area contributed by atoms with Crippen LogP contribution in [0.15, 0.2) is 24.3 Å². The van der Waals surface area contributed by atoms with E-state index in [-0.39, 0.29) is 30.5 Å². The molecule has 1 amide bonds. The minimum Gasteiger partial charge on any atom is -0.489 e. The largest absolute Gasteiger partial charge is 0.489 e. The normalized spacial score (nSPS) is 21.1. The highest BCUT2D eigenvalue weighted by molar-refractivity contribution is 5.92. The van der Waals surface area contributed by atoms with Crippen molar-refractivity contribution >= 4 is 24.0 Å². The van der Waals surface area contributed by atoms with E-state index in [1.807, 2.05) is 38.1 Å². The van der Waals surface area contributed by atoms with Crippen LogP contribution in [0.3, 0.4) is 0 Å². The van der Waals surface area contributed by atoms with Gasteiger partial charge >= 0.3 is 0 Å². The Balaban J connectivity index is 0.00000242.